The van der Waals surface area contributed by atoms with E-state index >= 15 is 0 Å². The molecule has 7 nitrogen and oxygen atoms in total. The van der Waals surface area contributed by atoms with E-state index in [1.807, 2.05) is 26.0 Å². The van der Waals surface area contributed by atoms with E-state index in [2.05, 4.69) is 20.0 Å². The fraction of sp³-hybridized carbons (Fsp3) is 0.0870. The van der Waals surface area contributed by atoms with Gasteiger partial charge in [0.05, 0.1) is 36.1 Å². The Bertz CT molecular complexity index is 1620. The highest BCUT2D eigenvalue weighted by atomic mass is 32.2. The van der Waals surface area contributed by atoms with Crippen molar-refractivity contribution in [3.63, 3.8) is 0 Å². The average Bonchev–Trinajstić information content (AvgIpc) is 3.36. The molecule has 5 rings (SSSR count). The molecule has 0 bridgehead atoms. The molecule has 0 aliphatic heterocycles. The van der Waals surface area contributed by atoms with Crippen molar-refractivity contribution in [3.8, 4) is 0 Å². The topological polar surface area (TPSA) is 101 Å². The molecule has 0 aliphatic carbocycles. The van der Waals surface area contributed by atoms with Crippen LogP contribution in [0, 0.1) is 13.8 Å². The number of amides is 1. The molecule has 2 aromatic heterocycles. The minimum atomic E-state index is -3.85. The molecule has 33 heavy (non-hydrogen) atoms. The van der Waals surface area contributed by atoms with Crippen LogP contribution in [0.3, 0.4) is 0 Å². The fourth-order valence-corrected chi connectivity index (χ4v) is 6.33. The van der Waals surface area contributed by atoms with Crippen LogP contribution in [0.15, 0.2) is 65.6 Å². The van der Waals surface area contributed by atoms with Crippen LogP contribution >= 0.6 is 22.7 Å². The summed E-state index contributed by atoms with van der Waals surface area (Å²) < 4.78 is 30.2. The first-order chi connectivity index (χ1) is 15.8. The summed E-state index contributed by atoms with van der Waals surface area (Å²) in [6.07, 6.45) is 0. The molecular formula is C23H18N4O3S3. The fourth-order valence-electron chi connectivity index (χ4n) is 3.40. The van der Waals surface area contributed by atoms with Crippen molar-refractivity contribution in [2.75, 3.05) is 10.0 Å². The van der Waals surface area contributed by atoms with Crippen molar-refractivity contribution in [2.24, 2.45) is 0 Å². The lowest BCUT2D eigenvalue weighted by Crippen LogP contribution is -2.18. The van der Waals surface area contributed by atoms with Gasteiger partial charge in [-0.05, 0) is 50.2 Å². The van der Waals surface area contributed by atoms with E-state index in [0.717, 1.165) is 31.0 Å². The zero-order chi connectivity index (χ0) is 23.2. The van der Waals surface area contributed by atoms with Gasteiger partial charge in [-0.3, -0.25) is 14.8 Å². The number of hydrogen-bond acceptors (Lipinski definition) is 7. The number of carbonyl (C=O) groups excluding carboxylic acids is 1. The van der Waals surface area contributed by atoms with Crippen molar-refractivity contribution in [3.05, 3.63) is 76.8 Å². The molecule has 0 aliphatic rings. The van der Waals surface area contributed by atoms with E-state index in [1.165, 1.54) is 23.5 Å². The molecule has 0 unspecified atom stereocenters. The molecule has 166 valence electrons. The molecule has 0 fully saturated rings. The normalized spacial score (nSPS) is 11.7. The van der Waals surface area contributed by atoms with Crippen LogP contribution in [0.4, 0.5) is 10.8 Å². The summed E-state index contributed by atoms with van der Waals surface area (Å²) in [6.45, 7) is 3.83. The first-order valence-corrected chi connectivity index (χ1v) is 13.1. The predicted octanol–water partition coefficient (Wildman–Crippen LogP) is 5.58. The number of hydrogen-bond donors (Lipinski definition) is 2. The molecular weight excluding hydrogens is 476 g/mol. The number of fused-ring (bicyclic) bond motifs is 3. The molecule has 0 spiro atoms. The molecule has 3 aromatic carbocycles. The summed E-state index contributed by atoms with van der Waals surface area (Å²) in [6, 6.07) is 16.9. The zero-order valence-corrected chi connectivity index (χ0v) is 20.1. The maximum atomic E-state index is 13.1. The minimum absolute atomic E-state index is 0.122. The summed E-state index contributed by atoms with van der Waals surface area (Å²) >= 11 is 2.95. The summed E-state index contributed by atoms with van der Waals surface area (Å²) in [5.41, 5.74) is 2.96. The molecule has 0 saturated heterocycles. The van der Waals surface area contributed by atoms with Gasteiger partial charge in [-0.25, -0.2) is 18.4 Å². The molecule has 5 aromatic rings. The Morgan fingerprint density at radius 2 is 1.67 bits per heavy atom. The summed E-state index contributed by atoms with van der Waals surface area (Å²) in [5.74, 6) is -0.457. The van der Waals surface area contributed by atoms with Gasteiger partial charge in [0.15, 0.2) is 5.13 Å². The van der Waals surface area contributed by atoms with Crippen molar-refractivity contribution in [1.29, 1.82) is 0 Å². The van der Waals surface area contributed by atoms with Crippen LogP contribution in [0.25, 0.3) is 20.4 Å². The smallest absolute Gasteiger partial charge is 0.261 e. The molecule has 0 saturated carbocycles. The Labute approximate surface area is 198 Å². The summed E-state index contributed by atoms with van der Waals surface area (Å²) in [4.78, 5) is 22.3. The van der Waals surface area contributed by atoms with Gasteiger partial charge in [0.25, 0.3) is 15.9 Å². The third kappa shape index (κ3) is 4.20. The van der Waals surface area contributed by atoms with Crippen molar-refractivity contribution >= 4 is 69.9 Å². The van der Waals surface area contributed by atoms with Gasteiger partial charge in [0.2, 0.25) is 0 Å². The molecule has 1 amide bonds. The maximum absolute atomic E-state index is 13.1. The molecule has 2 N–H and O–H groups in total. The number of aryl methyl sites for hydroxylation is 2. The molecule has 0 atom stereocenters. The first kappa shape index (κ1) is 21.5. The van der Waals surface area contributed by atoms with Crippen LogP contribution in [0.1, 0.15) is 20.9 Å². The highest BCUT2D eigenvalue weighted by Crippen LogP contribution is 2.35. The van der Waals surface area contributed by atoms with Gasteiger partial charge >= 0.3 is 0 Å². The van der Waals surface area contributed by atoms with Gasteiger partial charge in [0.1, 0.15) is 5.52 Å². The third-order valence-electron chi connectivity index (χ3n) is 4.99. The van der Waals surface area contributed by atoms with Gasteiger partial charge < -0.3 is 0 Å². The van der Waals surface area contributed by atoms with Crippen molar-refractivity contribution in [1.82, 2.24) is 9.97 Å². The van der Waals surface area contributed by atoms with Crippen LogP contribution < -0.4 is 10.0 Å². The monoisotopic (exact) mass is 494 g/mol. The maximum Gasteiger partial charge on any atom is 0.261 e. The Morgan fingerprint density at radius 1 is 0.909 bits per heavy atom. The standard InChI is InChI=1S/C23H18N4O3S3/c1-13-7-9-15(10-8-13)33(29,30)27-17-6-4-3-5-16(17)22(28)26-23-25-18-11-12-19-20(21(18)32-23)24-14(2)31-19/h3-12,27H,1-2H3,(H,25,26,28). The Hall–Kier alpha value is -3.34. The number of rotatable bonds is 5. The molecule has 2 heterocycles. The van der Waals surface area contributed by atoms with Crippen LogP contribution in [0.2, 0.25) is 0 Å². The highest BCUT2D eigenvalue weighted by Gasteiger charge is 2.20. The van der Waals surface area contributed by atoms with Crippen molar-refractivity contribution in [2.45, 2.75) is 18.7 Å². The van der Waals surface area contributed by atoms with Crippen LogP contribution in [0.5, 0.6) is 0 Å². The largest absolute Gasteiger partial charge is 0.298 e. The SMILES string of the molecule is Cc1ccc(S(=O)(=O)Nc2ccccc2C(=O)Nc2nc3ccc4sc(C)nc4c3s2)cc1. The lowest BCUT2D eigenvalue weighted by Gasteiger charge is -2.12. The Kier molecular flexibility index (Phi) is 5.35. The number of para-hydroxylation sites is 1. The molecule has 10 heteroatoms. The van der Waals surface area contributed by atoms with E-state index < -0.39 is 15.9 Å². The number of carbonyl (C=O) groups is 1. The number of thiazole rings is 2. The zero-order valence-electron chi connectivity index (χ0n) is 17.6. The van der Waals surface area contributed by atoms with E-state index in [9.17, 15) is 13.2 Å². The lowest BCUT2D eigenvalue weighted by atomic mass is 10.2. The van der Waals surface area contributed by atoms with Crippen LogP contribution in [-0.2, 0) is 10.0 Å². The number of aromatic nitrogens is 2. The number of anilines is 2. The minimum Gasteiger partial charge on any atom is -0.298 e. The number of sulfonamides is 1. The van der Waals surface area contributed by atoms with Crippen LogP contribution in [-0.4, -0.2) is 24.3 Å². The van der Waals surface area contributed by atoms with Gasteiger partial charge in [-0.2, -0.15) is 0 Å². The highest BCUT2D eigenvalue weighted by molar-refractivity contribution is 7.92. The number of benzene rings is 3. The Morgan fingerprint density at radius 3 is 2.45 bits per heavy atom. The lowest BCUT2D eigenvalue weighted by molar-refractivity contribution is 0.102. The van der Waals surface area contributed by atoms with E-state index in [-0.39, 0.29) is 16.1 Å². The predicted molar refractivity (Wildman–Crippen MR) is 134 cm³/mol. The molecule has 0 radical (unpaired) electrons. The second-order valence-corrected chi connectivity index (χ2v) is 11.3. The van der Waals surface area contributed by atoms with E-state index in [1.54, 1.807) is 47.7 Å². The summed E-state index contributed by atoms with van der Waals surface area (Å²) in [5, 5.41) is 4.19. The van der Waals surface area contributed by atoms with Gasteiger partial charge in [-0.15, -0.1) is 11.3 Å². The van der Waals surface area contributed by atoms with Crippen molar-refractivity contribution < 1.29 is 13.2 Å². The van der Waals surface area contributed by atoms with Gasteiger partial charge in [-0.1, -0.05) is 41.2 Å². The quantitative estimate of drug-likeness (QED) is 0.332. The number of nitrogens with zero attached hydrogens (tertiary/aromatic N) is 2. The first-order valence-electron chi connectivity index (χ1n) is 9.97. The number of nitrogens with one attached hydrogen (secondary N) is 2. The average molecular weight is 495 g/mol. The third-order valence-corrected chi connectivity index (χ3v) is 8.30. The Balaban J connectivity index is 1.44. The van der Waals surface area contributed by atoms with E-state index in [0.29, 0.717) is 5.13 Å². The van der Waals surface area contributed by atoms with E-state index in [4.69, 9.17) is 0 Å². The second-order valence-electron chi connectivity index (χ2n) is 7.43. The second kappa shape index (κ2) is 8.22. The van der Waals surface area contributed by atoms with Gasteiger partial charge in [0, 0.05) is 0 Å². The summed E-state index contributed by atoms with van der Waals surface area (Å²) in [7, 11) is -3.85.